The summed E-state index contributed by atoms with van der Waals surface area (Å²) in [6, 6.07) is 4.23. The Bertz CT molecular complexity index is 254. The molecule has 0 saturated carbocycles. The first-order chi connectivity index (χ1) is 6.77. The van der Waals surface area contributed by atoms with Crippen molar-refractivity contribution in [1.82, 2.24) is 4.98 Å². The molecule has 1 aromatic rings. The van der Waals surface area contributed by atoms with Crippen LogP contribution in [0.4, 0.5) is 5.82 Å². The molecule has 0 aromatic carbocycles. The highest BCUT2D eigenvalue weighted by atomic mass is 15.2. The van der Waals surface area contributed by atoms with Crippen LogP contribution in [0.15, 0.2) is 18.3 Å². The van der Waals surface area contributed by atoms with Gasteiger partial charge in [-0.3, -0.25) is 0 Å². The van der Waals surface area contributed by atoms with E-state index in [1.165, 1.54) is 18.4 Å². The van der Waals surface area contributed by atoms with Crippen molar-refractivity contribution in [2.75, 3.05) is 18.0 Å². The van der Waals surface area contributed by atoms with Crippen LogP contribution in [0.1, 0.15) is 32.3 Å². The molecule has 0 atom stereocenters. The Balaban J connectivity index is 2.64. The fourth-order valence-electron chi connectivity index (χ4n) is 1.43. The lowest BCUT2D eigenvalue weighted by Gasteiger charge is -2.21. The highest BCUT2D eigenvalue weighted by molar-refractivity contribution is 5.38. The zero-order valence-corrected chi connectivity index (χ0v) is 9.45. The van der Waals surface area contributed by atoms with Gasteiger partial charge in [-0.2, -0.15) is 0 Å². The number of aromatic nitrogens is 1. The van der Waals surface area contributed by atoms with E-state index in [1.54, 1.807) is 0 Å². The molecule has 2 nitrogen and oxygen atoms in total. The maximum atomic E-state index is 4.43. The first-order valence-corrected chi connectivity index (χ1v) is 5.45. The van der Waals surface area contributed by atoms with Gasteiger partial charge in [-0.1, -0.05) is 19.4 Å². The second-order valence-electron chi connectivity index (χ2n) is 3.63. The molecule has 0 saturated heterocycles. The van der Waals surface area contributed by atoms with Crippen molar-refractivity contribution in [2.24, 2.45) is 0 Å². The van der Waals surface area contributed by atoms with E-state index in [1.807, 2.05) is 6.20 Å². The van der Waals surface area contributed by atoms with Crippen molar-refractivity contribution in [3.63, 3.8) is 0 Å². The Morgan fingerprint density at radius 1 is 1.29 bits per heavy atom. The van der Waals surface area contributed by atoms with Gasteiger partial charge in [-0.15, -0.1) is 0 Å². The standard InChI is InChI=1S/C12H20N2/c1-4-6-9-14(5-2)12-8-7-11(3)10-13-12/h7-8,10H,4-6,9H2,1-3H3. The number of pyridine rings is 1. The van der Waals surface area contributed by atoms with Crippen LogP contribution < -0.4 is 4.90 Å². The van der Waals surface area contributed by atoms with Crippen molar-refractivity contribution in [3.05, 3.63) is 23.9 Å². The number of anilines is 1. The fraction of sp³-hybridized carbons (Fsp3) is 0.583. The molecule has 0 unspecified atom stereocenters. The first-order valence-electron chi connectivity index (χ1n) is 5.45. The molecule has 0 aliphatic carbocycles. The quantitative estimate of drug-likeness (QED) is 0.713. The summed E-state index contributed by atoms with van der Waals surface area (Å²) in [5.74, 6) is 1.10. The lowest BCUT2D eigenvalue weighted by Crippen LogP contribution is -2.24. The summed E-state index contributed by atoms with van der Waals surface area (Å²) >= 11 is 0. The van der Waals surface area contributed by atoms with E-state index in [0.717, 1.165) is 18.9 Å². The Morgan fingerprint density at radius 3 is 2.57 bits per heavy atom. The van der Waals surface area contributed by atoms with Crippen LogP contribution in [0.2, 0.25) is 0 Å². The molecular formula is C12H20N2. The summed E-state index contributed by atoms with van der Waals surface area (Å²) in [6.45, 7) is 8.62. The van der Waals surface area contributed by atoms with Gasteiger partial charge in [-0.05, 0) is 31.9 Å². The Kier molecular flexibility index (Phi) is 4.44. The lowest BCUT2D eigenvalue weighted by molar-refractivity contribution is 0.724. The third-order valence-corrected chi connectivity index (χ3v) is 2.38. The second-order valence-corrected chi connectivity index (χ2v) is 3.63. The topological polar surface area (TPSA) is 16.1 Å². The SMILES string of the molecule is CCCCN(CC)c1ccc(C)cn1. The average molecular weight is 192 g/mol. The van der Waals surface area contributed by atoms with E-state index in [9.17, 15) is 0 Å². The lowest BCUT2D eigenvalue weighted by atomic mass is 10.3. The van der Waals surface area contributed by atoms with Gasteiger partial charge in [0.25, 0.3) is 0 Å². The van der Waals surface area contributed by atoms with Crippen LogP contribution >= 0.6 is 0 Å². The van der Waals surface area contributed by atoms with Crippen molar-refractivity contribution in [2.45, 2.75) is 33.6 Å². The summed E-state index contributed by atoms with van der Waals surface area (Å²) in [4.78, 5) is 6.75. The molecule has 1 heterocycles. The van der Waals surface area contributed by atoms with Gasteiger partial charge in [0, 0.05) is 19.3 Å². The highest BCUT2D eigenvalue weighted by Crippen LogP contribution is 2.11. The molecule has 0 amide bonds. The minimum absolute atomic E-state index is 1.04. The molecular weight excluding hydrogens is 172 g/mol. The van der Waals surface area contributed by atoms with E-state index in [2.05, 4.69) is 42.8 Å². The van der Waals surface area contributed by atoms with E-state index < -0.39 is 0 Å². The van der Waals surface area contributed by atoms with Gasteiger partial charge in [-0.25, -0.2) is 4.98 Å². The molecule has 78 valence electrons. The molecule has 0 bridgehead atoms. The zero-order chi connectivity index (χ0) is 10.4. The third-order valence-electron chi connectivity index (χ3n) is 2.38. The van der Waals surface area contributed by atoms with Crippen molar-refractivity contribution < 1.29 is 0 Å². The summed E-state index contributed by atoms with van der Waals surface area (Å²) in [5, 5.41) is 0. The number of nitrogens with zero attached hydrogens (tertiary/aromatic N) is 2. The van der Waals surface area contributed by atoms with Gasteiger partial charge >= 0.3 is 0 Å². The van der Waals surface area contributed by atoms with E-state index in [-0.39, 0.29) is 0 Å². The normalized spacial score (nSPS) is 10.2. The molecule has 14 heavy (non-hydrogen) atoms. The Morgan fingerprint density at radius 2 is 2.07 bits per heavy atom. The number of unbranched alkanes of at least 4 members (excludes halogenated alkanes) is 1. The third kappa shape index (κ3) is 3.02. The summed E-state index contributed by atoms with van der Waals surface area (Å²) in [5.41, 5.74) is 1.22. The van der Waals surface area contributed by atoms with Gasteiger partial charge in [0.05, 0.1) is 0 Å². The first kappa shape index (κ1) is 11.0. The molecule has 1 rings (SSSR count). The van der Waals surface area contributed by atoms with Crippen LogP contribution in [0, 0.1) is 6.92 Å². The Hall–Kier alpha value is -1.05. The number of aryl methyl sites for hydroxylation is 1. The minimum atomic E-state index is 1.04. The Labute approximate surface area is 87.0 Å². The van der Waals surface area contributed by atoms with Gasteiger partial charge in [0.2, 0.25) is 0 Å². The maximum absolute atomic E-state index is 4.43. The molecule has 2 heteroatoms. The van der Waals surface area contributed by atoms with Crippen molar-refractivity contribution in [3.8, 4) is 0 Å². The van der Waals surface area contributed by atoms with E-state index >= 15 is 0 Å². The number of rotatable bonds is 5. The fourth-order valence-corrected chi connectivity index (χ4v) is 1.43. The average Bonchev–Trinajstić information content (AvgIpc) is 2.21. The largest absolute Gasteiger partial charge is 0.357 e. The van der Waals surface area contributed by atoms with Crippen molar-refractivity contribution in [1.29, 1.82) is 0 Å². The number of hydrogen-bond donors (Lipinski definition) is 0. The van der Waals surface area contributed by atoms with Crippen molar-refractivity contribution >= 4 is 5.82 Å². The summed E-state index contributed by atoms with van der Waals surface area (Å²) in [7, 11) is 0. The zero-order valence-electron chi connectivity index (χ0n) is 9.45. The van der Waals surface area contributed by atoms with Gasteiger partial charge in [0.15, 0.2) is 0 Å². The molecule has 0 N–H and O–H groups in total. The predicted octanol–water partition coefficient (Wildman–Crippen LogP) is 3.02. The highest BCUT2D eigenvalue weighted by Gasteiger charge is 2.03. The molecule has 0 aliphatic heterocycles. The second kappa shape index (κ2) is 5.63. The molecule has 0 radical (unpaired) electrons. The number of hydrogen-bond acceptors (Lipinski definition) is 2. The van der Waals surface area contributed by atoms with Crippen LogP contribution in [-0.4, -0.2) is 18.1 Å². The van der Waals surface area contributed by atoms with Gasteiger partial charge in [0.1, 0.15) is 5.82 Å². The summed E-state index contributed by atoms with van der Waals surface area (Å²) < 4.78 is 0. The van der Waals surface area contributed by atoms with Crippen LogP contribution in [0.3, 0.4) is 0 Å². The summed E-state index contributed by atoms with van der Waals surface area (Å²) in [6.07, 6.45) is 4.41. The molecule has 0 fully saturated rings. The van der Waals surface area contributed by atoms with E-state index in [4.69, 9.17) is 0 Å². The van der Waals surface area contributed by atoms with Crippen LogP contribution in [0.5, 0.6) is 0 Å². The monoisotopic (exact) mass is 192 g/mol. The molecule has 0 spiro atoms. The van der Waals surface area contributed by atoms with Crippen LogP contribution in [-0.2, 0) is 0 Å². The smallest absolute Gasteiger partial charge is 0.128 e. The predicted molar refractivity (Wildman–Crippen MR) is 61.8 cm³/mol. The molecule has 0 aliphatic rings. The minimum Gasteiger partial charge on any atom is -0.357 e. The van der Waals surface area contributed by atoms with Crippen LogP contribution in [0.25, 0.3) is 0 Å². The maximum Gasteiger partial charge on any atom is 0.128 e. The van der Waals surface area contributed by atoms with E-state index in [0.29, 0.717) is 0 Å². The van der Waals surface area contributed by atoms with Gasteiger partial charge < -0.3 is 4.90 Å². The molecule has 1 aromatic heterocycles.